The lowest BCUT2D eigenvalue weighted by atomic mass is 9.90. The quantitative estimate of drug-likeness (QED) is 0.307. The third-order valence-electron chi connectivity index (χ3n) is 10.7. The summed E-state index contributed by atoms with van der Waals surface area (Å²) >= 11 is 0. The van der Waals surface area contributed by atoms with Crippen molar-refractivity contribution < 1.29 is 9.53 Å². The van der Waals surface area contributed by atoms with E-state index in [1.54, 1.807) is 11.6 Å². The molecule has 0 saturated carbocycles. The predicted octanol–water partition coefficient (Wildman–Crippen LogP) is 4.86. The number of hydrogen-bond donors (Lipinski definition) is 1. The summed E-state index contributed by atoms with van der Waals surface area (Å²) in [5.74, 6) is 0.687. The highest BCUT2D eigenvalue weighted by Crippen LogP contribution is 2.40. The Kier molecular flexibility index (Phi) is 7.68. The molecule has 0 atom stereocenters. The van der Waals surface area contributed by atoms with Gasteiger partial charge in [-0.25, -0.2) is 4.98 Å². The van der Waals surface area contributed by atoms with Crippen LogP contribution in [-0.4, -0.2) is 76.9 Å². The van der Waals surface area contributed by atoms with E-state index in [0.717, 1.165) is 99.0 Å². The zero-order valence-electron chi connectivity index (χ0n) is 28.5. The summed E-state index contributed by atoms with van der Waals surface area (Å²) < 4.78 is 9.25. The van der Waals surface area contributed by atoms with Gasteiger partial charge in [0.15, 0.2) is 0 Å². The van der Waals surface area contributed by atoms with E-state index in [4.69, 9.17) is 4.74 Å². The maximum absolute atomic E-state index is 14.0. The molecule has 10 heteroatoms. The third kappa shape index (κ3) is 5.41. The summed E-state index contributed by atoms with van der Waals surface area (Å²) in [4.78, 5) is 38.8. The number of carbonyl (C=O) groups is 1. The highest BCUT2D eigenvalue weighted by molar-refractivity contribution is 6.07. The van der Waals surface area contributed by atoms with Crippen molar-refractivity contribution in [2.24, 2.45) is 12.5 Å². The van der Waals surface area contributed by atoms with Crippen LogP contribution < -0.4 is 20.7 Å². The van der Waals surface area contributed by atoms with Gasteiger partial charge in [-0.2, -0.15) is 0 Å². The van der Waals surface area contributed by atoms with Crippen LogP contribution in [-0.2, 0) is 37.6 Å². The number of nitrogens with one attached hydrogen (secondary N) is 1. The minimum Gasteiger partial charge on any atom is -0.378 e. The molecule has 1 aliphatic carbocycles. The number of pyridine rings is 2. The van der Waals surface area contributed by atoms with Crippen LogP contribution in [0.1, 0.15) is 48.1 Å². The first-order valence-electron chi connectivity index (χ1n) is 17.3. The number of fused-ring (bicyclic) bond motifs is 3. The molecule has 0 unspecified atom stereocenters. The Labute approximate surface area is 281 Å². The Morgan fingerprint density at radius 1 is 0.979 bits per heavy atom. The number of aromatic nitrogens is 3. The number of anilines is 4. The largest absolute Gasteiger partial charge is 0.378 e. The van der Waals surface area contributed by atoms with Gasteiger partial charge in [0.1, 0.15) is 17.2 Å². The second-order valence-corrected chi connectivity index (χ2v) is 14.6. The third-order valence-corrected chi connectivity index (χ3v) is 10.7. The summed E-state index contributed by atoms with van der Waals surface area (Å²) in [7, 11) is 1.78. The topological polar surface area (TPSA) is 87.9 Å². The van der Waals surface area contributed by atoms with Crippen LogP contribution in [0.2, 0.25) is 0 Å². The van der Waals surface area contributed by atoms with Gasteiger partial charge in [0.05, 0.1) is 31.1 Å². The molecule has 4 aromatic rings. The number of hydrogen-bond acceptors (Lipinski definition) is 7. The van der Waals surface area contributed by atoms with E-state index < -0.39 is 0 Å². The van der Waals surface area contributed by atoms with Gasteiger partial charge in [0.2, 0.25) is 0 Å². The monoisotopic (exact) mass is 647 g/mol. The molecule has 4 aliphatic rings. The minimum absolute atomic E-state index is 0.0625. The van der Waals surface area contributed by atoms with Crippen LogP contribution in [0.3, 0.4) is 0 Å². The number of ether oxygens (including phenoxy) is 1. The average molecular weight is 648 g/mol. The summed E-state index contributed by atoms with van der Waals surface area (Å²) in [6, 6.07) is 14.8. The van der Waals surface area contributed by atoms with Crippen molar-refractivity contribution in [1.82, 2.24) is 19.0 Å². The van der Waals surface area contributed by atoms with E-state index >= 15 is 0 Å². The molecule has 0 bridgehead atoms. The molecule has 48 heavy (non-hydrogen) atoms. The zero-order chi connectivity index (χ0) is 33.2. The number of benzene rings is 1. The number of aryl methyl sites for hydroxylation is 1. The van der Waals surface area contributed by atoms with Crippen LogP contribution in [0.5, 0.6) is 0 Å². The van der Waals surface area contributed by atoms with Gasteiger partial charge < -0.3 is 29.0 Å². The van der Waals surface area contributed by atoms with Crippen LogP contribution in [0.4, 0.5) is 22.9 Å². The van der Waals surface area contributed by atoms with Crippen molar-refractivity contribution >= 4 is 28.8 Å². The van der Waals surface area contributed by atoms with Gasteiger partial charge >= 0.3 is 0 Å². The summed E-state index contributed by atoms with van der Waals surface area (Å²) in [5, 5.41) is 3.30. The fourth-order valence-electron chi connectivity index (χ4n) is 8.12. The van der Waals surface area contributed by atoms with Crippen molar-refractivity contribution in [3.8, 4) is 11.1 Å². The fraction of sp³-hybridized carbons (Fsp3) is 0.447. The van der Waals surface area contributed by atoms with E-state index in [1.807, 2.05) is 35.5 Å². The van der Waals surface area contributed by atoms with Crippen LogP contribution in [0.25, 0.3) is 11.1 Å². The number of nitrogens with zero attached hydrogens (tertiary/aromatic N) is 6. The average Bonchev–Trinajstić information content (AvgIpc) is 3.55. The predicted molar refractivity (Wildman–Crippen MR) is 190 cm³/mol. The molecule has 2 saturated heterocycles. The van der Waals surface area contributed by atoms with Crippen molar-refractivity contribution in [2.75, 3.05) is 61.1 Å². The first kappa shape index (κ1) is 30.9. The van der Waals surface area contributed by atoms with Crippen LogP contribution in [0, 0.1) is 5.41 Å². The molecule has 8 rings (SSSR count). The second kappa shape index (κ2) is 11.9. The second-order valence-electron chi connectivity index (χ2n) is 14.6. The van der Waals surface area contributed by atoms with Gasteiger partial charge in [-0.05, 0) is 71.7 Å². The molecule has 0 spiro atoms. The Bertz CT molecular complexity index is 1930. The number of piperazine rings is 1. The van der Waals surface area contributed by atoms with Crippen molar-refractivity contribution in [3.63, 3.8) is 0 Å². The Hall–Kier alpha value is -4.41. The lowest BCUT2D eigenvalue weighted by molar-refractivity contribution is -0.0660. The maximum atomic E-state index is 14.0. The standard InChI is InChI=1S/C38H45N7O3/c1-5-29-30(7-6-8-32(29)45-16-15-44-33(37(45)47)18-25-19-38(2,3)20-34(25)44)26-17-31(36(46)41(4)22-26)40-35-10-9-27(21-39-35)42-11-13-43(14-12-42)28-23-48-24-28/h6-10,17-18,21-22,28H,5,11-16,19-20,23-24H2,1-4H3,(H,39,40). The highest BCUT2D eigenvalue weighted by atomic mass is 16.5. The highest BCUT2D eigenvalue weighted by Gasteiger charge is 2.37. The first-order valence-corrected chi connectivity index (χ1v) is 17.3. The molecule has 1 aromatic carbocycles. The molecule has 6 heterocycles. The first-order chi connectivity index (χ1) is 23.2. The molecule has 3 aromatic heterocycles. The van der Waals surface area contributed by atoms with E-state index in [2.05, 4.69) is 69.7 Å². The Balaban J connectivity index is 1.03. The minimum atomic E-state index is -0.127. The molecule has 1 N–H and O–H groups in total. The Morgan fingerprint density at radius 3 is 2.50 bits per heavy atom. The smallest absolute Gasteiger partial charge is 0.274 e. The van der Waals surface area contributed by atoms with Crippen LogP contribution >= 0.6 is 0 Å². The molecule has 0 radical (unpaired) electrons. The van der Waals surface area contributed by atoms with E-state index in [1.165, 1.54) is 11.3 Å². The van der Waals surface area contributed by atoms with Gasteiger partial charge in [-0.3, -0.25) is 14.5 Å². The number of carbonyl (C=O) groups excluding carboxylic acids is 1. The SMILES string of the molecule is CCc1c(-c2cc(Nc3ccc(N4CCN(C5COC5)CC4)cn3)c(=O)n(C)c2)cccc1N1CCn2c(cc3c2CC(C)(C)C3)C1=O. The summed E-state index contributed by atoms with van der Waals surface area (Å²) in [6.45, 7) is 13.8. The lowest BCUT2D eigenvalue weighted by Gasteiger charge is -2.43. The Morgan fingerprint density at radius 2 is 1.79 bits per heavy atom. The van der Waals surface area contributed by atoms with E-state index in [-0.39, 0.29) is 16.9 Å². The molecule has 2 fully saturated rings. The van der Waals surface area contributed by atoms with Gasteiger partial charge in [0.25, 0.3) is 11.5 Å². The van der Waals surface area contributed by atoms with Gasteiger partial charge in [-0.15, -0.1) is 0 Å². The van der Waals surface area contributed by atoms with Gasteiger partial charge in [0, 0.05) is 69.5 Å². The summed E-state index contributed by atoms with van der Waals surface area (Å²) in [6.07, 6.45) is 6.55. The van der Waals surface area contributed by atoms with Crippen LogP contribution in [0.15, 0.2) is 59.7 Å². The lowest BCUT2D eigenvalue weighted by Crippen LogP contribution is -2.56. The maximum Gasteiger partial charge on any atom is 0.274 e. The van der Waals surface area contributed by atoms with Crippen molar-refractivity contribution in [2.45, 2.75) is 52.6 Å². The zero-order valence-corrected chi connectivity index (χ0v) is 28.5. The molecule has 3 aliphatic heterocycles. The molecule has 10 nitrogen and oxygen atoms in total. The van der Waals surface area contributed by atoms with E-state index in [0.29, 0.717) is 24.1 Å². The summed E-state index contributed by atoms with van der Waals surface area (Å²) in [5.41, 5.74) is 9.09. The number of amides is 1. The molecule has 1 amide bonds. The normalized spacial score (nSPS) is 19.3. The fourth-order valence-corrected chi connectivity index (χ4v) is 8.12. The molecular weight excluding hydrogens is 602 g/mol. The van der Waals surface area contributed by atoms with Crippen molar-refractivity contribution in [3.05, 3.63) is 87.7 Å². The van der Waals surface area contributed by atoms with Gasteiger partial charge in [-0.1, -0.05) is 32.9 Å². The molecule has 250 valence electrons. The number of rotatable bonds is 7. The van der Waals surface area contributed by atoms with E-state index in [9.17, 15) is 9.59 Å². The van der Waals surface area contributed by atoms with Crippen molar-refractivity contribution in [1.29, 1.82) is 0 Å². The molecular formula is C38H45N7O3.